The van der Waals surface area contributed by atoms with E-state index in [2.05, 4.69) is 14.9 Å². The van der Waals surface area contributed by atoms with Crippen molar-refractivity contribution in [1.29, 1.82) is 0 Å². The summed E-state index contributed by atoms with van der Waals surface area (Å²) in [5.41, 5.74) is 1.62. The maximum absolute atomic E-state index is 11.5. The summed E-state index contributed by atoms with van der Waals surface area (Å²) in [5, 5.41) is 14.4. The minimum absolute atomic E-state index is 0.189. The molecule has 0 amide bonds. The molecule has 86 valence electrons. The number of sulfonamides is 1. The molecule has 0 spiro atoms. The zero-order valence-corrected chi connectivity index (χ0v) is 9.50. The van der Waals surface area contributed by atoms with Gasteiger partial charge in [0.1, 0.15) is 0 Å². The first-order valence-electron chi connectivity index (χ1n) is 4.55. The van der Waals surface area contributed by atoms with E-state index in [9.17, 15) is 8.42 Å². The van der Waals surface area contributed by atoms with Crippen LogP contribution in [0.2, 0.25) is 0 Å². The van der Waals surface area contributed by atoms with Crippen LogP contribution in [-0.4, -0.2) is 35.6 Å². The highest BCUT2D eigenvalue weighted by atomic mass is 32.2. The van der Waals surface area contributed by atoms with Crippen LogP contribution in [0.25, 0.3) is 0 Å². The lowest BCUT2D eigenvalue weighted by Crippen LogP contribution is -2.34. The molecule has 0 aliphatic heterocycles. The molecule has 0 aliphatic carbocycles. The summed E-state index contributed by atoms with van der Waals surface area (Å²) in [5.74, 6) is 0. The van der Waals surface area contributed by atoms with Crippen molar-refractivity contribution in [2.45, 2.75) is 25.6 Å². The molecule has 0 radical (unpaired) electrons. The minimum Gasteiger partial charge on any atom is -0.395 e. The van der Waals surface area contributed by atoms with Gasteiger partial charge in [-0.25, -0.2) is 13.1 Å². The Morgan fingerprint density at radius 2 is 2.33 bits per heavy atom. The largest absolute Gasteiger partial charge is 0.395 e. The summed E-state index contributed by atoms with van der Waals surface area (Å²) in [6.07, 6.45) is 1.57. The maximum Gasteiger partial charge on any atom is 0.216 e. The van der Waals surface area contributed by atoms with E-state index < -0.39 is 15.3 Å². The number of aromatic nitrogens is 2. The third-order valence-corrected chi connectivity index (χ3v) is 3.94. The van der Waals surface area contributed by atoms with Crippen LogP contribution in [0.15, 0.2) is 6.20 Å². The quantitative estimate of drug-likeness (QED) is 0.640. The number of hydrogen-bond acceptors (Lipinski definition) is 4. The molecule has 1 atom stereocenters. The third-order valence-electron chi connectivity index (χ3n) is 2.18. The van der Waals surface area contributed by atoms with E-state index in [1.807, 2.05) is 6.92 Å². The van der Waals surface area contributed by atoms with E-state index in [4.69, 9.17) is 5.11 Å². The molecule has 0 saturated heterocycles. The molecule has 3 N–H and O–H groups in total. The molecule has 7 heteroatoms. The fraction of sp³-hybridized carbons (Fsp3) is 0.625. The van der Waals surface area contributed by atoms with Gasteiger partial charge in [0.15, 0.2) is 0 Å². The second-order valence-corrected chi connectivity index (χ2v) is 5.56. The lowest BCUT2D eigenvalue weighted by atomic mass is 10.3. The van der Waals surface area contributed by atoms with Gasteiger partial charge in [-0.2, -0.15) is 5.10 Å². The van der Waals surface area contributed by atoms with Crippen LogP contribution in [0.4, 0.5) is 0 Å². The first-order valence-corrected chi connectivity index (χ1v) is 6.10. The molecule has 1 aromatic rings. The summed E-state index contributed by atoms with van der Waals surface area (Å²) in [4.78, 5) is 0. The van der Waals surface area contributed by atoms with E-state index in [1.54, 1.807) is 6.20 Å². The number of aryl methyl sites for hydroxylation is 1. The fourth-order valence-electron chi connectivity index (χ4n) is 0.973. The molecule has 0 fully saturated rings. The van der Waals surface area contributed by atoms with Gasteiger partial charge in [-0.1, -0.05) is 0 Å². The van der Waals surface area contributed by atoms with E-state index >= 15 is 0 Å². The number of hydrogen-bond donors (Lipinski definition) is 3. The SMILES string of the molecule is Cc1[nH]ncc1CNS(=O)(=O)C(C)CO. The van der Waals surface area contributed by atoms with E-state index in [1.165, 1.54) is 6.92 Å². The zero-order valence-electron chi connectivity index (χ0n) is 8.69. The molecule has 0 aromatic carbocycles. The molecule has 1 aromatic heterocycles. The van der Waals surface area contributed by atoms with Gasteiger partial charge in [0.25, 0.3) is 0 Å². The standard InChI is InChI=1S/C8H15N3O3S/c1-6(5-12)15(13,14)10-4-8-3-9-11-7(8)2/h3,6,10,12H,4-5H2,1-2H3,(H,9,11). The van der Waals surface area contributed by atoms with Crippen LogP contribution < -0.4 is 4.72 Å². The van der Waals surface area contributed by atoms with Crippen LogP contribution in [-0.2, 0) is 16.6 Å². The number of H-pyrrole nitrogens is 1. The molecule has 1 heterocycles. The van der Waals surface area contributed by atoms with E-state index in [0.717, 1.165) is 11.3 Å². The summed E-state index contributed by atoms with van der Waals surface area (Å²) >= 11 is 0. The van der Waals surface area contributed by atoms with Crippen LogP contribution in [0, 0.1) is 6.92 Å². The first kappa shape index (κ1) is 12.2. The second kappa shape index (κ2) is 4.73. The third kappa shape index (κ3) is 3.01. The van der Waals surface area contributed by atoms with Gasteiger partial charge in [-0.15, -0.1) is 0 Å². The normalized spacial score (nSPS) is 14.1. The molecule has 0 bridgehead atoms. The molecule has 0 aliphatic rings. The molecule has 1 unspecified atom stereocenters. The molecular formula is C8H15N3O3S. The van der Waals surface area contributed by atoms with Crippen molar-refractivity contribution >= 4 is 10.0 Å². The Hall–Kier alpha value is -0.920. The van der Waals surface area contributed by atoms with E-state index in [0.29, 0.717) is 0 Å². The van der Waals surface area contributed by atoms with Gasteiger partial charge < -0.3 is 5.11 Å². The summed E-state index contributed by atoms with van der Waals surface area (Å²) in [6, 6.07) is 0. The van der Waals surface area contributed by atoms with Crippen LogP contribution >= 0.6 is 0 Å². The Bertz CT molecular complexity index is 413. The Morgan fingerprint density at radius 3 is 2.80 bits per heavy atom. The lowest BCUT2D eigenvalue weighted by Gasteiger charge is -2.10. The highest BCUT2D eigenvalue weighted by molar-refractivity contribution is 7.90. The van der Waals surface area contributed by atoms with Crippen LogP contribution in [0.5, 0.6) is 0 Å². The van der Waals surface area contributed by atoms with Crippen molar-refractivity contribution in [3.8, 4) is 0 Å². The molecule has 15 heavy (non-hydrogen) atoms. The fourth-order valence-corrected chi connectivity index (χ4v) is 1.81. The van der Waals surface area contributed by atoms with Crippen molar-refractivity contribution in [1.82, 2.24) is 14.9 Å². The second-order valence-electron chi connectivity index (χ2n) is 3.38. The Morgan fingerprint density at radius 1 is 1.67 bits per heavy atom. The zero-order chi connectivity index (χ0) is 11.5. The Kier molecular flexibility index (Phi) is 3.83. The predicted molar refractivity (Wildman–Crippen MR) is 55.6 cm³/mol. The molecule has 0 saturated carbocycles. The molecular weight excluding hydrogens is 218 g/mol. The molecule has 1 rings (SSSR count). The predicted octanol–water partition coefficient (Wildman–Crippen LogP) is -0.482. The average molecular weight is 233 g/mol. The minimum atomic E-state index is -3.44. The first-order chi connectivity index (χ1) is 6.97. The monoisotopic (exact) mass is 233 g/mol. The Labute approximate surface area is 88.8 Å². The smallest absolute Gasteiger partial charge is 0.216 e. The van der Waals surface area contributed by atoms with Gasteiger partial charge in [-0.05, 0) is 13.8 Å². The summed E-state index contributed by atoms with van der Waals surface area (Å²) in [6.45, 7) is 3.06. The van der Waals surface area contributed by atoms with Crippen molar-refractivity contribution in [3.63, 3.8) is 0 Å². The number of aromatic amines is 1. The van der Waals surface area contributed by atoms with Gasteiger partial charge in [0, 0.05) is 17.8 Å². The van der Waals surface area contributed by atoms with Gasteiger partial charge in [0.05, 0.1) is 18.1 Å². The van der Waals surface area contributed by atoms with Crippen molar-refractivity contribution in [2.24, 2.45) is 0 Å². The van der Waals surface area contributed by atoms with Gasteiger partial charge in [0.2, 0.25) is 10.0 Å². The Balaban J connectivity index is 2.62. The number of nitrogens with zero attached hydrogens (tertiary/aromatic N) is 1. The highest BCUT2D eigenvalue weighted by Crippen LogP contribution is 2.04. The number of rotatable bonds is 5. The van der Waals surface area contributed by atoms with E-state index in [-0.39, 0.29) is 13.2 Å². The summed E-state index contributed by atoms with van der Waals surface area (Å²) in [7, 11) is -3.44. The maximum atomic E-state index is 11.5. The number of aliphatic hydroxyl groups excluding tert-OH is 1. The topological polar surface area (TPSA) is 95.1 Å². The summed E-state index contributed by atoms with van der Waals surface area (Å²) < 4.78 is 25.3. The average Bonchev–Trinajstić information content (AvgIpc) is 2.60. The van der Waals surface area contributed by atoms with Crippen LogP contribution in [0.3, 0.4) is 0 Å². The van der Waals surface area contributed by atoms with Crippen LogP contribution in [0.1, 0.15) is 18.2 Å². The van der Waals surface area contributed by atoms with Crippen molar-refractivity contribution in [2.75, 3.05) is 6.61 Å². The number of nitrogens with one attached hydrogen (secondary N) is 2. The lowest BCUT2D eigenvalue weighted by molar-refractivity contribution is 0.294. The molecule has 6 nitrogen and oxygen atoms in total. The highest BCUT2D eigenvalue weighted by Gasteiger charge is 2.19. The van der Waals surface area contributed by atoms with Crippen molar-refractivity contribution in [3.05, 3.63) is 17.5 Å². The van der Waals surface area contributed by atoms with Crippen molar-refractivity contribution < 1.29 is 13.5 Å². The van der Waals surface area contributed by atoms with Gasteiger partial charge >= 0.3 is 0 Å². The van der Waals surface area contributed by atoms with Gasteiger partial charge in [-0.3, -0.25) is 5.10 Å². The number of aliphatic hydroxyl groups is 1.